The summed E-state index contributed by atoms with van der Waals surface area (Å²) in [6.07, 6.45) is 5.20. The molecule has 0 radical (unpaired) electrons. The number of hydrogen-bond acceptors (Lipinski definition) is 7. The van der Waals surface area contributed by atoms with Crippen molar-refractivity contribution in [2.24, 2.45) is 0 Å². The second-order valence-electron chi connectivity index (χ2n) is 6.71. The van der Waals surface area contributed by atoms with Gasteiger partial charge in [0.05, 0.1) is 32.5 Å². The van der Waals surface area contributed by atoms with Crippen molar-refractivity contribution < 1.29 is 32.9 Å². The average molecular weight is 393 g/mol. The summed E-state index contributed by atoms with van der Waals surface area (Å²) in [4.78, 5) is 25.7. The first-order valence-electron chi connectivity index (χ1n) is 9.26. The van der Waals surface area contributed by atoms with Gasteiger partial charge < -0.3 is 23.8 Å². The van der Waals surface area contributed by atoms with E-state index in [1.165, 1.54) is 37.7 Å². The molecule has 0 spiro atoms. The number of anilines is 1. The van der Waals surface area contributed by atoms with Crippen molar-refractivity contribution in [3.63, 3.8) is 0 Å². The molecule has 0 atom stereocenters. The first-order valence-corrected chi connectivity index (χ1v) is 9.26. The van der Waals surface area contributed by atoms with Crippen LogP contribution in [0.3, 0.4) is 0 Å². The molecular formula is C20H24FNO6. The second kappa shape index (κ2) is 9.05. The van der Waals surface area contributed by atoms with E-state index in [-0.39, 0.29) is 36.5 Å². The van der Waals surface area contributed by atoms with Crippen LogP contribution in [-0.2, 0) is 23.8 Å². The van der Waals surface area contributed by atoms with Crippen molar-refractivity contribution in [2.45, 2.75) is 38.2 Å². The molecular weight excluding hydrogens is 369 g/mol. The van der Waals surface area contributed by atoms with Gasteiger partial charge in [-0.05, 0) is 37.8 Å². The van der Waals surface area contributed by atoms with Crippen molar-refractivity contribution in [3.8, 4) is 5.75 Å². The van der Waals surface area contributed by atoms with Gasteiger partial charge in [-0.25, -0.2) is 14.0 Å². The highest BCUT2D eigenvalue weighted by atomic mass is 19.1. The first kappa shape index (κ1) is 20.1. The summed E-state index contributed by atoms with van der Waals surface area (Å²) in [5.74, 6) is -1.81. The lowest BCUT2D eigenvalue weighted by Gasteiger charge is -2.31. The minimum Gasteiger partial charge on any atom is -0.487 e. The Labute approximate surface area is 163 Å². The molecule has 0 N–H and O–H groups in total. The molecule has 0 saturated heterocycles. The van der Waals surface area contributed by atoms with Crippen molar-refractivity contribution in [3.05, 3.63) is 35.3 Å². The predicted molar refractivity (Wildman–Crippen MR) is 98.3 cm³/mol. The van der Waals surface area contributed by atoms with Gasteiger partial charge in [0.15, 0.2) is 11.6 Å². The van der Waals surface area contributed by atoms with Crippen molar-refractivity contribution in [1.82, 2.24) is 0 Å². The number of halogens is 1. The van der Waals surface area contributed by atoms with Crippen LogP contribution in [0.5, 0.6) is 5.75 Å². The minimum absolute atomic E-state index is 0.0172. The van der Waals surface area contributed by atoms with Gasteiger partial charge in [0.2, 0.25) is 0 Å². The number of rotatable bonds is 5. The number of methoxy groups -OCH3 is 2. The summed E-state index contributed by atoms with van der Waals surface area (Å²) >= 11 is 0. The molecule has 28 heavy (non-hydrogen) atoms. The highest BCUT2D eigenvalue weighted by Crippen LogP contribution is 2.31. The summed E-state index contributed by atoms with van der Waals surface area (Å²) in [6, 6.07) is 4.40. The molecule has 1 heterocycles. The number of carbonyl (C=O) groups is 2. The maximum Gasteiger partial charge on any atom is 0.355 e. The van der Waals surface area contributed by atoms with Gasteiger partial charge in [-0.2, -0.15) is 0 Å². The molecule has 1 aromatic carbocycles. The highest BCUT2D eigenvalue weighted by Gasteiger charge is 2.32. The molecule has 2 aliphatic rings. The Hall–Kier alpha value is -2.61. The topological polar surface area (TPSA) is 74.3 Å². The zero-order valence-corrected chi connectivity index (χ0v) is 16.0. The molecule has 0 unspecified atom stereocenters. The zero-order valence-electron chi connectivity index (χ0n) is 16.0. The maximum absolute atomic E-state index is 14.7. The molecule has 1 aliphatic carbocycles. The normalized spacial score (nSPS) is 18.0. The van der Waals surface area contributed by atoms with Crippen molar-refractivity contribution in [1.29, 1.82) is 0 Å². The van der Waals surface area contributed by atoms with Crippen LogP contribution < -0.4 is 9.64 Å². The summed E-state index contributed by atoms with van der Waals surface area (Å²) in [7, 11) is 2.42. The monoisotopic (exact) mass is 393 g/mol. The molecule has 152 valence electrons. The van der Waals surface area contributed by atoms with Gasteiger partial charge >= 0.3 is 11.9 Å². The quantitative estimate of drug-likeness (QED) is 0.712. The lowest BCUT2D eigenvalue weighted by atomic mass is 9.98. The summed E-state index contributed by atoms with van der Waals surface area (Å²) in [5.41, 5.74) is 0.333. The second-order valence-corrected chi connectivity index (χ2v) is 6.71. The van der Waals surface area contributed by atoms with Crippen molar-refractivity contribution in [2.75, 3.05) is 32.5 Å². The average Bonchev–Trinajstić information content (AvgIpc) is 2.74. The van der Waals surface area contributed by atoms with Gasteiger partial charge in [0, 0.05) is 11.8 Å². The van der Waals surface area contributed by atoms with E-state index in [2.05, 4.69) is 0 Å². The van der Waals surface area contributed by atoms with E-state index in [0.717, 1.165) is 25.7 Å². The lowest BCUT2D eigenvalue weighted by molar-refractivity contribution is -0.140. The van der Waals surface area contributed by atoms with Crippen LogP contribution in [0, 0.1) is 5.82 Å². The highest BCUT2D eigenvalue weighted by molar-refractivity contribution is 6.03. The first-order chi connectivity index (χ1) is 13.5. The number of esters is 2. The SMILES string of the molecule is COC(=O)C1=C(C(=O)OC)N(c2ccc(OC3CCCCC3)c(F)c2)COC1. The molecule has 1 saturated carbocycles. The third kappa shape index (κ3) is 4.27. The fraction of sp³-hybridized carbons (Fsp3) is 0.500. The van der Waals surface area contributed by atoms with Gasteiger partial charge in [0.25, 0.3) is 0 Å². The van der Waals surface area contributed by atoms with Crippen LogP contribution in [0.4, 0.5) is 10.1 Å². The number of nitrogens with zero attached hydrogens (tertiary/aromatic N) is 1. The van der Waals surface area contributed by atoms with Crippen LogP contribution in [0.1, 0.15) is 32.1 Å². The summed E-state index contributed by atoms with van der Waals surface area (Å²) < 4.78 is 35.4. The van der Waals surface area contributed by atoms with Gasteiger partial charge in [-0.1, -0.05) is 6.42 Å². The van der Waals surface area contributed by atoms with Crippen molar-refractivity contribution >= 4 is 17.6 Å². The minimum atomic E-state index is -0.730. The van der Waals surface area contributed by atoms with Crippen LogP contribution in [0.2, 0.25) is 0 Å². The molecule has 0 aromatic heterocycles. The molecule has 8 heteroatoms. The Bertz CT molecular complexity index is 772. The lowest BCUT2D eigenvalue weighted by Crippen LogP contribution is -2.38. The Kier molecular flexibility index (Phi) is 6.51. The van der Waals surface area contributed by atoms with Crippen LogP contribution in [-0.4, -0.2) is 45.6 Å². The fourth-order valence-corrected chi connectivity index (χ4v) is 3.46. The maximum atomic E-state index is 14.7. The smallest absolute Gasteiger partial charge is 0.355 e. The Balaban J connectivity index is 1.89. The van der Waals surface area contributed by atoms with E-state index in [0.29, 0.717) is 5.69 Å². The Morgan fingerprint density at radius 3 is 2.46 bits per heavy atom. The Morgan fingerprint density at radius 2 is 1.82 bits per heavy atom. The van der Waals surface area contributed by atoms with E-state index in [9.17, 15) is 14.0 Å². The third-order valence-electron chi connectivity index (χ3n) is 4.91. The van der Waals surface area contributed by atoms with Crippen LogP contribution in [0.15, 0.2) is 29.5 Å². The van der Waals surface area contributed by atoms with E-state index >= 15 is 0 Å². The molecule has 1 fully saturated rings. The standard InChI is InChI=1S/C20H24FNO6/c1-25-19(23)15-11-27-12-22(18(15)20(24)26-2)13-8-9-17(16(21)10-13)28-14-6-4-3-5-7-14/h8-10,14H,3-7,11-12H2,1-2H3. The molecule has 1 aromatic rings. The third-order valence-corrected chi connectivity index (χ3v) is 4.91. The van der Waals surface area contributed by atoms with Gasteiger partial charge in [-0.3, -0.25) is 0 Å². The van der Waals surface area contributed by atoms with Gasteiger partial charge in [0.1, 0.15) is 12.4 Å². The number of carbonyl (C=O) groups excluding carboxylic acids is 2. The number of ether oxygens (including phenoxy) is 4. The summed E-state index contributed by atoms with van der Waals surface area (Å²) in [5, 5.41) is 0. The Morgan fingerprint density at radius 1 is 1.11 bits per heavy atom. The van der Waals surface area contributed by atoms with E-state index in [1.807, 2.05) is 0 Å². The van der Waals surface area contributed by atoms with E-state index in [1.54, 1.807) is 6.07 Å². The van der Waals surface area contributed by atoms with Crippen LogP contribution in [0.25, 0.3) is 0 Å². The summed E-state index contributed by atoms with van der Waals surface area (Å²) in [6.45, 7) is -0.133. The van der Waals surface area contributed by atoms with E-state index < -0.39 is 17.8 Å². The molecule has 3 rings (SSSR count). The molecule has 7 nitrogen and oxygen atoms in total. The number of hydrogen-bond donors (Lipinski definition) is 0. The molecule has 1 aliphatic heterocycles. The van der Waals surface area contributed by atoms with E-state index in [4.69, 9.17) is 18.9 Å². The molecule has 0 bridgehead atoms. The zero-order chi connectivity index (χ0) is 20.1. The fourth-order valence-electron chi connectivity index (χ4n) is 3.46. The number of benzene rings is 1. The molecule has 0 amide bonds. The predicted octanol–water partition coefficient (Wildman–Crippen LogP) is 2.93. The largest absolute Gasteiger partial charge is 0.487 e. The van der Waals surface area contributed by atoms with Crippen LogP contribution >= 0.6 is 0 Å². The van der Waals surface area contributed by atoms with Gasteiger partial charge in [-0.15, -0.1) is 0 Å².